The Hall–Kier alpha value is -1.68. The SMILES string of the molecule is O=C(Cc1ccsc1)NCc1ccc(F)cc1. The minimum atomic E-state index is -0.265. The summed E-state index contributed by atoms with van der Waals surface area (Å²) in [6.07, 6.45) is 0.394. The Kier molecular flexibility index (Phi) is 3.88. The first kappa shape index (κ1) is 11.8. The molecule has 0 aliphatic rings. The second kappa shape index (κ2) is 5.59. The van der Waals surface area contributed by atoms with E-state index in [0.717, 1.165) is 11.1 Å². The third-order valence-corrected chi connectivity index (χ3v) is 3.08. The van der Waals surface area contributed by atoms with Crippen molar-refractivity contribution in [2.45, 2.75) is 13.0 Å². The van der Waals surface area contributed by atoms with Gasteiger partial charge in [-0.25, -0.2) is 4.39 Å². The standard InChI is InChI=1S/C13H12FNOS/c14-12-3-1-10(2-4-12)8-15-13(16)7-11-5-6-17-9-11/h1-6,9H,7-8H2,(H,15,16). The van der Waals surface area contributed by atoms with Crippen molar-refractivity contribution in [2.24, 2.45) is 0 Å². The predicted octanol–water partition coefficient (Wildman–Crippen LogP) is 2.75. The van der Waals surface area contributed by atoms with Crippen molar-refractivity contribution in [1.29, 1.82) is 0 Å². The average Bonchev–Trinajstić information content (AvgIpc) is 2.81. The van der Waals surface area contributed by atoms with E-state index in [0.29, 0.717) is 13.0 Å². The molecule has 1 heterocycles. The number of hydrogen-bond acceptors (Lipinski definition) is 2. The molecule has 1 amide bonds. The lowest BCUT2D eigenvalue weighted by atomic mass is 10.2. The molecule has 0 aliphatic carbocycles. The topological polar surface area (TPSA) is 29.1 Å². The Morgan fingerprint density at radius 3 is 2.59 bits per heavy atom. The van der Waals surface area contributed by atoms with Crippen molar-refractivity contribution in [3.8, 4) is 0 Å². The van der Waals surface area contributed by atoms with Gasteiger partial charge in [-0.05, 0) is 40.1 Å². The van der Waals surface area contributed by atoms with E-state index in [-0.39, 0.29) is 11.7 Å². The number of carbonyl (C=O) groups is 1. The molecule has 0 aliphatic heterocycles. The number of carbonyl (C=O) groups excluding carboxylic acids is 1. The van der Waals surface area contributed by atoms with E-state index >= 15 is 0 Å². The highest BCUT2D eigenvalue weighted by atomic mass is 32.1. The summed E-state index contributed by atoms with van der Waals surface area (Å²) in [5, 5.41) is 6.70. The molecule has 0 saturated carbocycles. The van der Waals surface area contributed by atoms with Crippen LogP contribution >= 0.6 is 11.3 Å². The van der Waals surface area contributed by atoms with Gasteiger partial charge in [-0.1, -0.05) is 12.1 Å². The molecule has 4 heteroatoms. The molecule has 0 radical (unpaired) electrons. The molecule has 2 nitrogen and oxygen atoms in total. The van der Waals surface area contributed by atoms with Crippen LogP contribution in [0.2, 0.25) is 0 Å². The highest BCUT2D eigenvalue weighted by Gasteiger charge is 2.03. The monoisotopic (exact) mass is 249 g/mol. The van der Waals surface area contributed by atoms with Crippen LogP contribution in [0.15, 0.2) is 41.1 Å². The van der Waals surface area contributed by atoms with Gasteiger partial charge in [0.1, 0.15) is 5.82 Å². The Morgan fingerprint density at radius 2 is 1.94 bits per heavy atom. The fraction of sp³-hybridized carbons (Fsp3) is 0.154. The van der Waals surface area contributed by atoms with Crippen LogP contribution in [0.5, 0.6) is 0 Å². The van der Waals surface area contributed by atoms with Gasteiger partial charge >= 0.3 is 0 Å². The number of nitrogens with one attached hydrogen (secondary N) is 1. The van der Waals surface area contributed by atoms with Crippen molar-refractivity contribution < 1.29 is 9.18 Å². The van der Waals surface area contributed by atoms with Gasteiger partial charge in [0.15, 0.2) is 0 Å². The summed E-state index contributed by atoms with van der Waals surface area (Å²) in [6, 6.07) is 8.04. The lowest BCUT2D eigenvalue weighted by molar-refractivity contribution is -0.120. The van der Waals surface area contributed by atoms with Gasteiger partial charge in [-0.2, -0.15) is 11.3 Å². The molecule has 0 atom stereocenters. The number of halogens is 1. The molecule has 0 bridgehead atoms. The van der Waals surface area contributed by atoms with Gasteiger partial charge in [0.2, 0.25) is 5.91 Å². The van der Waals surface area contributed by atoms with Gasteiger partial charge in [0, 0.05) is 6.54 Å². The predicted molar refractivity (Wildman–Crippen MR) is 66.3 cm³/mol. The molecule has 1 N–H and O–H groups in total. The highest BCUT2D eigenvalue weighted by molar-refractivity contribution is 7.07. The van der Waals surface area contributed by atoms with Gasteiger partial charge in [-0.3, -0.25) is 4.79 Å². The molecule has 88 valence electrons. The zero-order valence-electron chi connectivity index (χ0n) is 9.15. The quantitative estimate of drug-likeness (QED) is 0.887. The number of thiophene rings is 1. The fourth-order valence-corrected chi connectivity index (χ4v) is 2.11. The number of rotatable bonds is 4. The largest absolute Gasteiger partial charge is 0.352 e. The molecule has 0 spiro atoms. The summed E-state index contributed by atoms with van der Waals surface area (Å²) in [5.74, 6) is -0.286. The smallest absolute Gasteiger partial charge is 0.224 e. The number of benzene rings is 1. The summed E-state index contributed by atoms with van der Waals surface area (Å²) < 4.78 is 12.7. The normalized spacial score (nSPS) is 10.2. The summed E-state index contributed by atoms with van der Waals surface area (Å²) in [6.45, 7) is 0.434. The third kappa shape index (κ3) is 3.67. The van der Waals surface area contributed by atoms with Crippen LogP contribution in [0.3, 0.4) is 0 Å². The minimum Gasteiger partial charge on any atom is -0.352 e. The average molecular weight is 249 g/mol. The maximum atomic E-state index is 12.7. The summed E-state index contributed by atoms with van der Waals surface area (Å²) >= 11 is 1.58. The first-order chi connectivity index (χ1) is 8.24. The van der Waals surface area contributed by atoms with E-state index in [9.17, 15) is 9.18 Å². The van der Waals surface area contributed by atoms with Crippen LogP contribution < -0.4 is 5.32 Å². The van der Waals surface area contributed by atoms with Gasteiger partial charge in [0.05, 0.1) is 6.42 Å². The number of hydrogen-bond donors (Lipinski definition) is 1. The molecule has 1 aromatic heterocycles. The van der Waals surface area contributed by atoms with E-state index < -0.39 is 0 Å². The van der Waals surface area contributed by atoms with Crippen LogP contribution in [0.4, 0.5) is 4.39 Å². The Bertz CT molecular complexity index is 479. The fourth-order valence-electron chi connectivity index (χ4n) is 1.44. The maximum absolute atomic E-state index is 12.7. The summed E-state index contributed by atoms with van der Waals surface area (Å²) in [7, 11) is 0. The maximum Gasteiger partial charge on any atom is 0.224 e. The number of amides is 1. The van der Waals surface area contributed by atoms with Crippen molar-refractivity contribution in [1.82, 2.24) is 5.32 Å². The molecule has 0 saturated heterocycles. The second-order valence-electron chi connectivity index (χ2n) is 3.71. The second-order valence-corrected chi connectivity index (χ2v) is 4.49. The van der Waals surface area contributed by atoms with E-state index in [2.05, 4.69) is 5.32 Å². The molecule has 2 rings (SSSR count). The molecule has 0 fully saturated rings. The van der Waals surface area contributed by atoms with Gasteiger partial charge < -0.3 is 5.32 Å². The highest BCUT2D eigenvalue weighted by Crippen LogP contribution is 2.07. The zero-order chi connectivity index (χ0) is 12.1. The summed E-state index contributed by atoms with van der Waals surface area (Å²) in [5.41, 5.74) is 1.91. The molecule has 17 heavy (non-hydrogen) atoms. The Balaban J connectivity index is 1.82. The first-order valence-corrected chi connectivity index (χ1v) is 6.20. The van der Waals surface area contributed by atoms with Crippen LogP contribution in [0, 0.1) is 5.82 Å². The molecular weight excluding hydrogens is 237 g/mol. The van der Waals surface area contributed by atoms with Crippen LogP contribution in [-0.2, 0) is 17.8 Å². The van der Waals surface area contributed by atoms with Crippen LogP contribution in [0.1, 0.15) is 11.1 Å². The molecule has 0 unspecified atom stereocenters. The van der Waals surface area contributed by atoms with E-state index in [1.54, 1.807) is 23.5 Å². The first-order valence-electron chi connectivity index (χ1n) is 5.26. The van der Waals surface area contributed by atoms with Crippen LogP contribution in [-0.4, -0.2) is 5.91 Å². The van der Waals surface area contributed by atoms with E-state index in [4.69, 9.17) is 0 Å². The zero-order valence-corrected chi connectivity index (χ0v) is 9.97. The molecule has 2 aromatic rings. The van der Waals surface area contributed by atoms with Crippen LogP contribution in [0.25, 0.3) is 0 Å². The van der Waals surface area contributed by atoms with Crippen molar-refractivity contribution in [3.05, 3.63) is 58.0 Å². The van der Waals surface area contributed by atoms with Crippen molar-refractivity contribution in [2.75, 3.05) is 0 Å². The van der Waals surface area contributed by atoms with E-state index in [1.807, 2.05) is 16.8 Å². The van der Waals surface area contributed by atoms with Gasteiger partial charge in [-0.15, -0.1) is 0 Å². The lowest BCUT2D eigenvalue weighted by Crippen LogP contribution is -2.24. The summed E-state index contributed by atoms with van der Waals surface area (Å²) in [4.78, 5) is 11.6. The molecule has 1 aromatic carbocycles. The Morgan fingerprint density at radius 1 is 1.18 bits per heavy atom. The molecular formula is C13H12FNOS. The Labute approximate surface area is 103 Å². The van der Waals surface area contributed by atoms with Crippen molar-refractivity contribution in [3.63, 3.8) is 0 Å². The minimum absolute atomic E-state index is 0.0206. The van der Waals surface area contributed by atoms with Crippen molar-refractivity contribution >= 4 is 17.2 Å². The van der Waals surface area contributed by atoms with E-state index in [1.165, 1.54) is 12.1 Å². The van der Waals surface area contributed by atoms with Gasteiger partial charge in [0.25, 0.3) is 0 Å². The lowest BCUT2D eigenvalue weighted by Gasteiger charge is -2.04. The third-order valence-electron chi connectivity index (χ3n) is 2.35.